The summed E-state index contributed by atoms with van der Waals surface area (Å²) < 4.78 is 7.29. The van der Waals surface area contributed by atoms with Crippen molar-refractivity contribution in [2.75, 3.05) is 5.75 Å². The first-order valence-electron chi connectivity index (χ1n) is 9.38. The molecule has 0 fully saturated rings. The highest BCUT2D eigenvalue weighted by Crippen LogP contribution is 2.28. The van der Waals surface area contributed by atoms with Crippen molar-refractivity contribution in [3.8, 4) is 17.1 Å². The Bertz CT molecular complexity index is 1200. The van der Waals surface area contributed by atoms with Gasteiger partial charge in [0.2, 0.25) is 0 Å². The van der Waals surface area contributed by atoms with Crippen LogP contribution in [-0.4, -0.2) is 32.6 Å². The molecule has 156 valence electrons. The Labute approximate surface area is 188 Å². The van der Waals surface area contributed by atoms with E-state index in [9.17, 15) is 4.79 Å². The summed E-state index contributed by atoms with van der Waals surface area (Å²) in [5, 5.41) is 13.8. The normalized spacial score (nSPS) is 11.2. The van der Waals surface area contributed by atoms with Gasteiger partial charge in [0, 0.05) is 16.3 Å². The third kappa shape index (κ3) is 5.22. The van der Waals surface area contributed by atoms with Gasteiger partial charge < -0.3 is 4.42 Å². The number of aryl methyl sites for hydroxylation is 1. The molecule has 0 atom stereocenters. The molecule has 0 bridgehead atoms. The summed E-state index contributed by atoms with van der Waals surface area (Å²) in [6.07, 6.45) is 1.46. The van der Waals surface area contributed by atoms with Gasteiger partial charge in [-0.25, -0.2) is 5.43 Å². The van der Waals surface area contributed by atoms with Crippen LogP contribution in [0.15, 0.2) is 81.4 Å². The first kappa shape index (κ1) is 20.9. The van der Waals surface area contributed by atoms with Crippen molar-refractivity contribution in [2.45, 2.75) is 12.1 Å². The second-order valence-corrected chi connectivity index (χ2v) is 7.89. The number of amides is 1. The first-order valence-corrected chi connectivity index (χ1v) is 10.7. The number of aromatic nitrogens is 3. The molecule has 1 N–H and O–H groups in total. The Morgan fingerprint density at radius 3 is 2.61 bits per heavy atom. The van der Waals surface area contributed by atoms with E-state index >= 15 is 0 Å². The minimum Gasteiger partial charge on any atom is -0.460 e. The van der Waals surface area contributed by atoms with Crippen molar-refractivity contribution in [2.24, 2.45) is 5.10 Å². The van der Waals surface area contributed by atoms with Gasteiger partial charge in [-0.2, -0.15) is 5.10 Å². The van der Waals surface area contributed by atoms with Crippen molar-refractivity contribution in [3.63, 3.8) is 0 Å². The first-order chi connectivity index (χ1) is 15.1. The Morgan fingerprint density at radius 2 is 1.90 bits per heavy atom. The van der Waals surface area contributed by atoms with Crippen LogP contribution in [0.25, 0.3) is 17.1 Å². The number of hydrogen-bond donors (Lipinski definition) is 1. The lowest BCUT2D eigenvalue weighted by molar-refractivity contribution is -0.118. The van der Waals surface area contributed by atoms with Crippen molar-refractivity contribution in [3.05, 3.63) is 83.3 Å². The number of hydrazone groups is 1. The van der Waals surface area contributed by atoms with Crippen LogP contribution in [0.5, 0.6) is 0 Å². The molecule has 0 saturated heterocycles. The molecule has 4 aromatic rings. The fourth-order valence-corrected chi connectivity index (χ4v) is 3.68. The lowest BCUT2D eigenvalue weighted by Crippen LogP contribution is -2.19. The zero-order valence-electron chi connectivity index (χ0n) is 16.5. The monoisotopic (exact) mass is 451 g/mol. The summed E-state index contributed by atoms with van der Waals surface area (Å²) in [4.78, 5) is 12.2. The molecule has 31 heavy (non-hydrogen) atoms. The molecule has 0 aliphatic rings. The average Bonchev–Trinajstić information content (AvgIpc) is 3.39. The third-order valence-electron chi connectivity index (χ3n) is 4.22. The molecule has 0 aliphatic carbocycles. The quantitative estimate of drug-likeness (QED) is 0.249. The Hall–Kier alpha value is -3.36. The molecule has 9 heteroatoms. The highest BCUT2D eigenvalue weighted by atomic mass is 35.5. The fraction of sp³-hybridized carbons (Fsp3) is 0.0909. The lowest BCUT2D eigenvalue weighted by Gasteiger charge is -2.10. The number of benzene rings is 2. The molecule has 0 unspecified atom stereocenters. The molecule has 1 amide bonds. The van der Waals surface area contributed by atoms with E-state index in [-0.39, 0.29) is 11.7 Å². The third-order valence-corrected chi connectivity index (χ3v) is 5.41. The Morgan fingerprint density at radius 1 is 1.13 bits per heavy atom. The van der Waals surface area contributed by atoms with Gasteiger partial charge in [-0.3, -0.25) is 9.36 Å². The van der Waals surface area contributed by atoms with Gasteiger partial charge >= 0.3 is 0 Å². The van der Waals surface area contributed by atoms with E-state index in [1.54, 1.807) is 18.2 Å². The maximum atomic E-state index is 12.2. The highest BCUT2D eigenvalue weighted by molar-refractivity contribution is 7.99. The Balaban J connectivity index is 1.50. The summed E-state index contributed by atoms with van der Waals surface area (Å²) in [6, 6.07) is 20.7. The number of carbonyl (C=O) groups excluding carboxylic acids is 1. The van der Waals surface area contributed by atoms with Crippen LogP contribution in [0.3, 0.4) is 0 Å². The predicted molar refractivity (Wildman–Crippen MR) is 122 cm³/mol. The second-order valence-electron chi connectivity index (χ2n) is 6.51. The molecule has 4 rings (SSSR count). The van der Waals surface area contributed by atoms with E-state index in [1.165, 1.54) is 18.0 Å². The number of thioether (sulfide) groups is 1. The molecule has 0 saturated carbocycles. The summed E-state index contributed by atoms with van der Waals surface area (Å²) >= 11 is 7.29. The number of nitrogens with one attached hydrogen (secondary N) is 1. The van der Waals surface area contributed by atoms with Crippen molar-refractivity contribution < 1.29 is 9.21 Å². The van der Waals surface area contributed by atoms with Gasteiger partial charge in [0.15, 0.2) is 11.0 Å². The maximum absolute atomic E-state index is 12.2. The van der Waals surface area contributed by atoms with Crippen molar-refractivity contribution in [1.29, 1.82) is 0 Å². The largest absolute Gasteiger partial charge is 0.460 e. The van der Waals surface area contributed by atoms with Crippen LogP contribution in [0, 0.1) is 6.92 Å². The van der Waals surface area contributed by atoms with Gasteiger partial charge in [0.25, 0.3) is 5.91 Å². The number of para-hydroxylation sites is 1. The molecule has 0 aliphatic heterocycles. The van der Waals surface area contributed by atoms with E-state index < -0.39 is 0 Å². The zero-order chi connectivity index (χ0) is 21.6. The van der Waals surface area contributed by atoms with Crippen LogP contribution >= 0.6 is 23.4 Å². The van der Waals surface area contributed by atoms with Crippen molar-refractivity contribution >= 4 is 35.5 Å². The fourth-order valence-electron chi connectivity index (χ4n) is 2.81. The SMILES string of the molecule is Cc1ccc(/C=N\NC(=O)CSc2nnc(-c3ccc(Cl)cc3)n2-c2ccccc2)o1. The molecule has 7 nitrogen and oxygen atoms in total. The van der Waals surface area contributed by atoms with Crippen LogP contribution in [0.2, 0.25) is 5.02 Å². The summed E-state index contributed by atoms with van der Waals surface area (Å²) in [5.41, 5.74) is 4.26. The van der Waals surface area contributed by atoms with Gasteiger partial charge in [-0.1, -0.05) is 41.6 Å². The minimum atomic E-state index is -0.264. The number of rotatable bonds is 7. The van der Waals surface area contributed by atoms with E-state index in [2.05, 4.69) is 20.7 Å². The number of furan rings is 1. The van der Waals surface area contributed by atoms with Crippen molar-refractivity contribution in [1.82, 2.24) is 20.2 Å². The van der Waals surface area contributed by atoms with E-state index in [0.717, 1.165) is 17.0 Å². The maximum Gasteiger partial charge on any atom is 0.250 e. The van der Waals surface area contributed by atoms with E-state index in [1.807, 2.05) is 60.0 Å². The molecular weight excluding hydrogens is 434 g/mol. The summed E-state index contributed by atoms with van der Waals surface area (Å²) in [5.74, 6) is 1.87. The van der Waals surface area contributed by atoms with Gasteiger partial charge in [-0.15, -0.1) is 10.2 Å². The Kier molecular flexibility index (Phi) is 6.49. The minimum absolute atomic E-state index is 0.125. The number of halogens is 1. The molecule has 0 spiro atoms. The standard InChI is InChI=1S/C22H18ClN5O2S/c1-15-7-12-19(30-15)13-24-25-20(29)14-31-22-27-26-21(16-8-10-17(23)11-9-16)28(22)18-5-3-2-4-6-18/h2-13H,14H2,1H3,(H,25,29)/b24-13-. The van der Waals surface area contributed by atoms with Gasteiger partial charge in [0.1, 0.15) is 11.5 Å². The van der Waals surface area contributed by atoms with Crippen LogP contribution in [0.1, 0.15) is 11.5 Å². The zero-order valence-corrected chi connectivity index (χ0v) is 18.1. The average molecular weight is 452 g/mol. The highest BCUT2D eigenvalue weighted by Gasteiger charge is 2.17. The summed E-state index contributed by atoms with van der Waals surface area (Å²) in [6.45, 7) is 1.84. The number of hydrogen-bond acceptors (Lipinski definition) is 6. The van der Waals surface area contributed by atoms with Gasteiger partial charge in [-0.05, 0) is 55.5 Å². The van der Waals surface area contributed by atoms with E-state index in [4.69, 9.17) is 16.0 Å². The summed E-state index contributed by atoms with van der Waals surface area (Å²) in [7, 11) is 0. The lowest BCUT2D eigenvalue weighted by atomic mass is 10.2. The van der Waals surface area contributed by atoms with E-state index in [0.29, 0.717) is 21.8 Å². The molecule has 0 radical (unpaired) electrons. The van der Waals surface area contributed by atoms with Gasteiger partial charge in [0.05, 0.1) is 12.0 Å². The molecule has 2 aromatic heterocycles. The van der Waals surface area contributed by atoms with Crippen LogP contribution in [0.4, 0.5) is 0 Å². The number of nitrogens with zero attached hydrogens (tertiary/aromatic N) is 4. The molecule has 2 heterocycles. The van der Waals surface area contributed by atoms with Crippen LogP contribution in [-0.2, 0) is 4.79 Å². The molecular formula is C22H18ClN5O2S. The van der Waals surface area contributed by atoms with Crippen LogP contribution < -0.4 is 5.43 Å². The second kappa shape index (κ2) is 9.63. The smallest absolute Gasteiger partial charge is 0.250 e. The topological polar surface area (TPSA) is 85.3 Å². The number of carbonyl (C=O) groups is 1. The predicted octanol–water partition coefficient (Wildman–Crippen LogP) is 4.73. The molecule has 2 aromatic carbocycles.